The van der Waals surface area contributed by atoms with Crippen LogP contribution in [0.4, 0.5) is 0 Å². The van der Waals surface area contributed by atoms with Crippen LogP contribution in [0.15, 0.2) is 23.8 Å². The zero-order chi connectivity index (χ0) is 6.41. The van der Waals surface area contributed by atoms with E-state index in [1.54, 1.807) is 0 Å². The molecule has 0 spiro atoms. The van der Waals surface area contributed by atoms with Gasteiger partial charge in [-0.15, -0.1) is 11.6 Å². The highest BCUT2D eigenvalue weighted by molar-refractivity contribution is 6.18. The maximum atomic E-state index is 5.39. The summed E-state index contributed by atoms with van der Waals surface area (Å²) in [7, 11) is 0. The third-order valence-electron chi connectivity index (χ3n) is 0.925. The second kappa shape index (κ2) is 4.92. The minimum atomic E-state index is 0.602. The minimum Gasteiger partial charge on any atom is -0.122 e. The van der Waals surface area contributed by atoms with Gasteiger partial charge in [-0.3, -0.25) is 0 Å². The van der Waals surface area contributed by atoms with E-state index in [4.69, 9.17) is 11.6 Å². The van der Waals surface area contributed by atoms with Gasteiger partial charge in [-0.05, 0) is 13.8 Å². The Kier molecular flexibility index (Phi) is 4.78. The highest BCUT2D eigenvalue weighted by atomic mass is 35.5. The molecule has 1 heteroatoms. The van der Waals surface area contributed by atoms with Crippen LogP contribution in [0.3, 0.4) is 0 Å². The third-order valence-corrected chi connectivity index (χ3v) is 1.10. The van der Waals surface area contributed by atoms with Crippen LogP contribution >= 0.6 is 11.6 Å². The van der Waals surface area contributed by atoms with Gasteiger partial charge >= 0.3 is 0 Å². The summed E-state index contributed by atoms with van der Waals surface area (Å²) in [5.41, 5.74) is 1.26. The predicted octanol–water partition coefficient (Wildman–Crippen LogP) is 2.75. The largest absolute Gasteiger partial charge is 0.122 e. The van der Waals surface area contributed by atoms with Crippen molar-refractivity contribution in [2.24, 2.45) is 0 Å². The van der Waals surface area contributed by atoms with E-state index < -0.39 is 0 Å². The Labute approximate surface area is 55.9 Å². The van der Waals surface area contributed by atoms with Crippen molar-refractivity contribution in [1.82, 2.24) is 0 Å². The van der Waals surface area contributed by atoms with Crippen molar-refractivity contribution in [3.63, 3.8) is 0 Å². The minimum absolute atomic E-state index is 0.602. The SMILES string of the molecule is C/C=C(C)\C=C/CCl. The van der Waals surface area contributed by atoms with E-state index in [0.29, 0.717) is 5.88 Å². The predicted molar refractivity (Wildman–Crippen MR) is 39.3 cm³/mol. The van der Waals surface area contributed by atoms with Crippen LogP contribution in [0, 0.1) is 0 Å². The van der Waals surface area contributed by atoms with Crippen molar-refractivity contribution in [2.45, 2.75) is 13.8 Å². The summed E-state index contributed by atoms with van der Waals surface area (Å²) in [4.78, 5) is 0. The fraction of sp³-hybridized carbons (Fsp3) is 0.429. The first-order valence-corrected chi connectivity index (χ1v) is 3.20. The van der Waals surface area contributed by atoms with Crippen molar-refractivity contribution in [3.05, 3.63) is 23.8 Å². The van der Waals surface area contributed by atoms with Crippen LogP contribution < -0.4 is 0 Å². The molecule has 0 atom stereocenters. The van der Waals surface area contributed by atoms with Crippen LogP contribution in [-0.2, 0) is 0 Å². The molecular weight excluding hydrogens is 120 g/mol. The molecular formula is C7H11Cl. The average Bonchev–Trinajstić information content (AvgIpc) is 1.83. The molecule has 0 N–H and O–H groups in total. The Balaban J connectivity index is 3.53. The van der Waals surface area contributed by atoms with Crippen LogP contribution in [0.25, 0.3) is 0 Å². The molecule has 0 aromatic heterocycles. The van der Waals surface area contributed by atoms with Crippen molar-refractivity contribution >= 4 is 11.6 Å². The zero-order valence-corrected chi connectivity index (χ0v) is 6.07. The van der Waals surface area contributed by atoms with Crippen LogP contribution in [0.5, 0.6) is 0 Å². The lowest BCUT2D eigenvalue weighted by molar-refractivity contribution is 1.46. The van der Waals surface area contributed by atoms with E-state index >= 15 is 0 Å². The number of hydrogen-bond donors (Lipinski definition) is 0. The molecule has 0 saturated carbocycles. The van der Waals surface area contributed by atoms with Gasteiger partial charge in [0.25, 0.3) is 0 Å². The van der Waals surface area contributed by atoms with Crippen molar-refractivity contribution in [3.8, 4) is 0 Å². The first-order valence-electron chi connectivity index (χ1n) is 2.66. The summed E-state index contributed by atoms with van der Waals surface area (Å²) in [6.45, 7) is 4.05. The van der Waals surface area contributed by atoms with E-state index in [9.17, 15) is 0 Å². The molecule has 0 aliphatic rings. The molecule has 0 amide bonds. The molecule has 0 saturated heterocycles. The van der Waals surface area contributed by atoms with Crippen molar-refractivity contribution in [2.75, 3.05) is 5.88 Å². The molecule has 0 fully saturated rings. The molecule has 0 radical (unpaired) electrons. The summed E-state index contributed by atoms with van der Waals surface area (Å²) >= 11 is 5.39. The molecule has 0 aliphatic carbocycles. The Morgan fingerprint density at radius 1 is 1.62 bits per heavy atom. The van der Waals surface area contributed by atoms with Gasteiger partial charge in [0, 0.05) is 5.88 Å². The Morgan fingerprint density at radius 2 is 2.25 bits per heavy atom. The molecule has 0 unspecified atom stereocenters. The molecule has 0 rings (SSSR count). The smallest absolute Gasteiger partial charge is 0.0407 e. The quantitative estimate of drug-likeness (QED) is 0.398. The second-order valence-electron chi connectivity index (χ2n) is 1.59. The number of alkyl halides is 1. The van der Waals surface area contributed by atoms with Gasteiger partial charge < -0.3 is 0 Å². The summed E-state index contributed by atoms with van der Waals surface area (Å²) in [5.74, 6) is 0.602. The Bertz CT molecular complexity index is 101. The molecule has 0 aromatic carbocycles. The Morgan fingerprint density at radius 3 is 2.62 bits per heavy atom. The molecule has 0 nitrogen and oxygen atoms in total. The monoisotopic (exact) mass is 130 g/mol. The number of allylic oxidation sites excluding steroid dienone is 4. The number of hydrogen-bond acceptors (Lipinski definition) is 0. The molecule has 0 aromatic rings. The third kappa shape index (κ3) is 3.94. The summed E-state index contributed by atoms with van der Waals surface area (Å²) in [6.07, 6.45) is 5.98. The maximum absolute atomic E-state index is 5.39. The van der Waals surface area contributed by atoms with Crippen molar-refractivity contribution in [1.29, 1.82) is 0 Å². The van der Waals surface area contributed by atoms with Gasteiger partial charge in [-0.2, -0.15) is 0 Å². The van der Waals surface area contributed by atoms with Gasteiger partial charge in [0.2, 0.25) is 0 Å². The molecule has 0 heterocycles. The normalized spacial score (nSPS) is 13.1. The van der Waals surface area contributed by atoms with E-state index in [1.807, 2.05) is 32.1 Å². The summed E-state index contributed by atoms with van der Waals surface area (Å²) in [5, 5.41) is 0. The van der Waals surface area contributed by atoms with Gasteiger partial charge in [0.15, 0.2) is 0 Å². The van der Waals surface area contributed by atoms with Gasteiger partial charge in [0.05, 0.1) is 0 Å². The molecule has 0 bridgehead atoms. The topological polar surface area (TPSA) is 0 Å². The lowest BCUT2D eigenvalue weighted by atomic mass is 10.3. The molecule has 0 aliphatic heterocycles. The zero-order valence-electron chi connectivity index (χ0n) is 5.32. The van der Waals surface area contributed by atoms with Crippen LogP contribution in [-0.4, -0.2) is 5.88 Å². The second-order valence-corrected chi connectivity index (χ2v) is 1.90. The molecule has 46 valence electrons. The lowest BCUT2D eigenvalue weighted by Gasteiger charge is -1.83. The van der Waals surface area contributed by atoms with E-state index in [0.717, 1.165) is 0 Å². The van der Waals surface area contributed by atoms with Crippen LogP contribution in [0.2, 0.25) is 0 Å². The highest BCUT2D eigenvalue weighted by Crippen LogP contribution is 1.93. The fourth-order valence-corrected chi connectivity index (χ4v) is 0.416. The highest BCUT2D eigenvalue weighted by Gasteiger charge is 1.73. The van der Waals surface area contributed by atoms with E-state index in [1.165, 1.54) is 5.57 Å². The standard InChI is InChI=1S/C7H11Cl/c1-3-7(2)5-4-6-8/h3-5H,6H2,1-2H3/b5-4-,7-3-. The van der Waals surface area contributed by atoms with E-state index in [2.05, 4.69) is 0 Å². The van der Waals surface area contributed by atoms with Crippen molar-refractivity contribution < 1.29 is 0 Å². The van der Waals surface area contributed by atoms with Gasteiger partial charge in [0.1, 0.15) is 0 Å². The van der Waals surface area contributed by atoms with Gasteiger partial charge in [-0.25, -0.2) is 0 Å². The summed E-state index contributed by atoms with van der Waals surface area (Å²) in [6, 6.07) is 0. The maximum Gasteiger partial charge on any atom is 0.0407 e. The summed E-state index contributed by atoms with van der Waals surface area (Å²) < 4.78 is 0. The average molecular weight is 131 g/mol. The van der Waals surface area contributed by atoms with Crippen LogP contribution in [0.1, 0.15) is 13.8 Å². The lowest BCUT2D eigenvalue weighted by Crippen LogP contribution is -1.65. The first-order chi connectivity index (χ1) is 3.81. The first kappa shape index (κ1) is 7.77. The van der Waals surface area contributed by atoms with E-state index in [-0.39, 0.29) is 0 Å². The van der Waals surface area contributed by atoms with Gasteiger partial charge in [-0.1, -0.05) is 23.8 Å². The molecule has 8 heavy (non-hydrogen) atoms. The fourth-order valence-electron chi connectivity index (χ4n) is 0.327. The number of halogens is 1. The number of rotatable bonds is 2. The Hall–Kier alpha value is -0.230.